The van der Waals surface area contributed by atoms with Gasteiger partial charge in [0.1, 0.15) is 5.94 Å². The fraction of sp³-hybridized carbons (Fsp3) is 0.273. The van der Waals surface area contributed by atoms with E-state index in [9.17, 15) is 4.79 Å². The van der Waals surface area contributed by atoms with Gasteiger partial charge < -0.3 is 10.0 Å². The zero-order chi connectivity index (χ0) is 9.97. The van der Waals surface area contributed by atoms with E-state index in [0.29, 0.717) is 18.7 Å². The molecule has 1 aliphatic heterocycles. The average molecular weight is 189 g/mol. The number of nitrogens with zero attached hydrogens (tertiary/aromatic N) is 1. The van der Waals surface area contributed by atoms with Crippen LogP contribution in [0.1, 0.15) is 5.56 Å². The molecule has 1 N–H and O–H groups in total. The lowest BCUT2D eigenvalue weighted by Gasteiger charge is -2.16. The van der Waals surface area contributed by atoms with E-state index in [0.717, 1.165) is 11.3 Å². The maximum atomic E-state index is 10.7. The highest BCUT2D eigenvalue weighted by Gasteiger charge is 2.22. The van der Waals surface area contributed by atoms with Crippen LogP contribution in [0.3, 0.4) is 0 Å². The second kappa shape index (κ2) is 3.66. The van der Waals surface area contributed by atoms with Gasteiger partial charge in [-0.25, -0.2) is 4.79 Å². The SMILES string of the molecule is O=C=C1CN(CCO)c2ccccc21. The minimum Gasteiger partial charge on any atom is -0.395 e. The van der Waals surface area contributed by atoms with E-state index < -0.39 is 0 Å². The Morgan fingerprint density at radius 2 is 2.21 bits per heavy atom. The van der Waals surface area contributed by atoms with Gasteiger partial charge in [0.2, 0.25) is 0 Å². The number of para-hydroxylation sites is 1. The number of hydrogen-bond donors (Lipinski definition) is 1. The molecule has 1 heterocycles. The summed E-state index contributed by atoms with van der Waals surface area (Å²) in [4.78, 5) is 12.7. The van der Waals surface area contributed by atoms with Crippen LogP contribution in [0.4, 0.5) is 5.69 Å². The number of carbonyl (C=O) groups excluding carboxylic acids is 1. The fourth-order valence-electron chi connectivity index (χ4n) is 1.77. The van der Waals surface area contributed by atoms with Crippen molar-refractivity contribution in [2.24, 2.45) is 0 Å². The normalized spacial score (nSPS) is 14.1. The van der Waals surface area contributed by atoms with Crippen LogP contribution in [-0.4, -0.2) is 30.7 Å². The summed E-state index contributed by atoms with van der Waals surface area (Å²) in [5.41, 5.74) is 2.63. The van der Waals surface area contributed by atoms with Gasteiger partial charge in [0, 0.05) is 17.8 Å². The van der Waals surface area contributed by atoms with E-state index in [1.165, 1.54) is 0 Å². The lowest BCUT2D eigenvalue weighted by Crippen LogP contribution is -2.23. The molecule has 0 spiro atoms. The summed E-state index contributed by atoms with van der Waals surface area (Å²) in [6.45, 7) is 1.21. The Labute approximate surface area is 82.3 Å². The van der Waals surface area contributed by atoms with Crippen LogP contribution in [0, 0.1) is 0 Å². The van der Waals surface area contributed by atoms with Crippen LogP contribution in [0.5, 0.6) is 0 Å². The topological polar surface area (TPSA) is 40.5 Å². The zero-order valence-corrected chi connectivity index (χ0v) is 7.73. The van der Waals surface area contributed by atoms with Gasteiger partial charge in [0.05, 0.1) is 18.7 Å². The Kier molecular flexibility index (Phi) is 2.35. The standard InChI is InChI=1S/C11H11NO2/c13-6-5-12-7-9(8-14)10-3-1-2-4-11(10)12/h1-4,13H,5-7H2. The van der Waals surface area contributed by atoms with Crippen LogP contribution in [0.2, 0.25) is 0 Å². The molecule has 0 aliphatic carbocycles. The molecule has 0 fully saturated rings. The van der Waals surface area contributed by atoms with Gasteiger partial charge in [-0.3, -0.25) is 0 Å². The predicted molar refractivity (Wildman–Crippen MR) is 54.8 cm³/mol. The number of aliphatic hydroxyl groups is 1. The molecule has 0 amide bonds. The molecule has 1 aliphatic rings. The summed E-state index contributed by atoms with van der Waals surface area (Å²) in [6, 6.07) is 7.69. The molecule has 1 aromatic rings. The average Bonchev–Trinajstić information content (AvgIpc) is 2.58. The maximum Gasteiger partial charge on any atom is 0.130 e. The summed E-state index contributed by atoms with van der Waals surface area (Å²) in [5.74, 6) is 1.95. The van der Waals surface area contributed by atoms with Crippen LogP contribution >= 0.6 is 0 Å². The van der Waals surface area contributed by atoms with Gasteiger partial charge in [-0.1, -0.05) is 18.2 Å². The smallest absolute Gasteiger partial charge is 0.130 e. The van der Waals surface area contributed by atoms with Crippen molar-refractivity contribution in [2.75, 3.05) is 24.6 Å². The Hall–Kier alpha value is -1.57. The maximum absolute atomic E-state index is 10.7. The Morgan fingerprint density at radius 3 is 2.93 bits per heavy atom. The first-order chi connectivity index (χ1) is 6.86. The molecule has 3 heteroatoms. The fourth-order valence-corrected chi connectivity index (χ4v) is 1.77. The third kappa shape index (κ3) is 1.33. The summed E-state index contributed by atoms with van der Waals surface area (Å²) >= 11 is 0. The summed E-state index contributed by atoms with van der Waals surface area (Å²) < 4.78 is 0. The monoisotopic (exact) mass is 189 g/mol. The molecule has 0 unspecified atom stereocenters. The van der Waals surface area contributed by atoms with E-state index in [1.807, 2.05) is 35.1 Å². The van der Waals surface area contributed by atoms with Crippen molar-refractivity contribution in [2.45, 2.75) is 0 Å². The van der Waals surface area contributed by atoms with Crippen molar-refractivity contribution in [3.8, 4) is 0 Å². The van der Waals surface area contributed by atoms with Crippen LogP contribution in [0.25, 0.3) is 5.57 Å². The van der Waals surface area contributed by atoms with Gasteiger partial charge in [-0.2, -0.15) is 0 Å². The van der Waals surface area contributed by atoms with Crippen LogP contribution in [-0.2, 0) is 4.79 Å². The van der Waals surface area contributed by atoms with Crippen LogP contribution < -0.4 is 4.90 Å². The molecule has 0 aromatic heterocycles. The molecule has 1 aromatic carbocycles. The number of anilines is 1. The molecular weight excluding hydrogens is 178 g/mol. The lowest BCUT2D eigenvalue weighted by molar-refractivity contribution is 0.303. The first-order valence-corrected chi connectivity index (χ1v) is 4.56. The van der Waals surface area contributed by atoms with Crippen molar-refractivity contribution in [1.29, 1.82) is 0 Å². The molecule has 0 saturated carbocycles. The third-order valence-electron chi connectivity index (χ3n) is 2.41. The molecule has 2 rings (SSSR count). The Balaban J connectivity index is 2.43. The van der Waals surface area contributed by atoms with E-state index in [4.69, 9.17) is 5.11 Å². The van der Waals surface area contributed by atoms with E-state index in [1.54, 1.807) is 0 Å². The highest BCUT2D eigenvalue weighted by Crippen LogP contribution is 2.33. The second-order valence-corrected chi connectivity index (χ2v) is 3.24. The Bertz CT molecular complexity index is 394. The molecule has 0 saturated heterocycles. The first-order valence-electron chi connectivity index (χ1n) is 4.56. The van der Waals surface area contributed by atoms with Crippen molar-refractivity contribution in [3.05, 3.63) is 29.8 Å². The summed E-state index contributed by atoms with van der Waals surface area (Å²) in [7, 11) is 0. The molecule has 0 bridgehead atoms. The number of fused-ring (bicyclic) bond motifs is 1. The molecule has 3 nitrogen and oxygen atoms in total. The Morgan fingerprint density at radius 1 is 1.43 bits per heavy atom. The van der Waals surface area contributed by atoms with Crippen molar-refractivity contribution in [1.82, 2.24) is 0 Å². The van der Waals surface area contributed by atoms with E-state index in [2.05, 4.69) is 0 Å². The molecule has 0 atom stereocenters. The molecular formula is C11H11NO2. The number of benzene rings is 1. The quantitative estimate of drug-likeness (QED) is 0.697. The van der Waals surface area contributed by atoms with Gasteiger partial charge in [-0.05, 0) is 6.07 Å². The predicted octanol–water partition coefficient (Wildman–Crippen LogP) is 0.714. The molecule has 0 radical (unpaired) electrons. The second-order valence-electron chi connectivity index (χ2n) is 3.24. The summed E-state index contributed by atoms with van der Waals surface area (Å²) in [5, 5.41) is 8.86. The lowest BCUT2D eigenvalue weighted by atomic mass is 10.1. The van der Waals surface area contributed by atoms with Gasteiger partial charge in [0.25, 0.3) is 0 Å². The number of hydrogen-bond acceptors (Lipinski definition) is 3. The van der Waals surface area contributed by atoms with Crippen molar-refractivity contribution in [3.63, 3.8) is 0 Å². The number of β-amino-alcohol motifs (C(OH)–C–C–N with tert-alkyl or cyclic N) is 1. The van der Waals surface area contributed by atoms with Gasteiger partial charge in [0.15, 0.2) is 0 Å². The van der Waals surface area contributed by atoms with Crippen LogP contribution in [0.15, 0.2) is 24.3 Å². The number of aliphatic hydroxyl groups excluding tert-OH is 1. The van der Waals surface area contributed by atoms with Gasteiger partial charge >= 0.3 is 0 Å². The van der Waals surface area contributed by atoms with Crippen molar-refractivity contribution >= 4 is 17.2 Å². The largest absolute Gasteiger partial charge is 0.395 e. The molecule has 72 valence electrons. The van der Waals surface area contributed by atoms with Crippen molar-refractivity contribution < 1.29 is 9.90 Å². The number of rotatable bonds is 2. The van der Waals surface area contributed by atoms with E-state index >= 15 is 0 Å². The minimum atomic E-state index is 0.0977. The first kappa shape index (κ1) is 9.00. The highest BCUT2D eigenvalue weighted by atomic mass is 16.3. The molecule has 14 heavy (non-hydrogen) atoms. The van der Waals surface area contributed by atoms with Gasteiger partial charge in [-0.15, -0.1) is 0 Å². The highest BCUT2D eigenvalue weighted by molar-refractivity contribution is 5.98. The third-order valence-corrected chi connectivity index (χ3v) is 2.41. The minimum absolute atomic E-state index is 0.0977. The zero-order valence-electron chi connectivity index (χ0n) is 7.73. The van der Waals surface area contributed by atoms with E-state index in [-0.39, 0.29) is 6.61 Å². The summed E-state index contributed by atoms with van der Waals surface area (Å²) in [6.07, 6.45) is 0.